The monoisotopic (exact) mass is 421 g/mol. The van der Waals surface area contributed by atoms with E-state index in [1.807, 2.05) is 17.9 Å². The quantitative estimate of drug-likeness (QED) is 0.730. The molecule has 2 fully saturated rings. The van der Waals surface area contributed by atoms with E-state index in [9.17, 15) is 13.2 Å². The number of hydrogen-bond acceptors (Lipinski definition) is 7. The number of nitrogens with one attached hydrogen (secondary N) is 1. The van der Waals surface area contributed by atoms with Crippen LogP contribution in [0.4, 0.5) is 5.69 Å². The fourth-order valence-electron chi connectivity index (χ4n) is 3.81. The summed E-state index contributed by atoms with van der Waals surface area (Å²) in [6.45, 7) is 8.35. The molecule has 3 aliphatic rings. The zero-order chi connectivity index (χ0) is 20.4. The molecular formula is C19H27N5O4S. The summed E-state index contributed by atoms with van der Waals surface area (Å²) in [5.74, 6) is 0.595. The molecule has 0 radical (unpaired) electrons. The molecule has 4 rings (SSSR count). The van der Waals surface area contributed by atoms with E-state index < -0.39 is 10.0 Å². The summed E-state index contributed by atoms with van der Waals surface area (Å²) >= 11 is 0. The Hall–Kier alpha value is -2.01. The molecule has 0 saturated carbocycles. The van der Waals surface area contributed by atoms with E-state index in [0.717, 1.165) is 31.7 Å². The predicted octanol–water partition coefficient (Wildman–Crippen LogP) is -0.0159. The molecule has 1 aromatic carbocycles. The summed E-state index contributed by atoms with van der Waals surface area (Å²) < 4.78 is 34.3. The Kier molecular flexibility index (Phi) is 5.86. The third kappa shape index (κ3) is 4.77. The first-order chi connectivity index (χ1) is 13.9. The van der Waals surface area contributed by atoms with Gasteiger partial charge in [-0.1, -0.05) is 6.07 Å². The first-order valence-corrected chi connectivity index (χ1v) is 11.4. The third-order valence-electron chi connectivity index (χ3n) is 5.49. The minimum atomic E-state index is -3.68. The molecule has 10 heteroatoms. The van der Waals surface area contributed by atoms with Crippen LogP contribution in [-0.4, -0.2) is 100 Å². The van der Waals surface area contributed by atoms with E-state index in [4.69, 9.17) is 4.74 Å². The zero-order valence-electron chi connectivity index (χ0n) is 16.6. The second-order valence-electron chi connectivity index (χ2n) is 7.68. The number of rotatable bonds is 4. The number of piperazine rings is 1. The lowest BCUT2D eigenvalue weighted by atomic mass is 10.2. The number of benzene rings is 1. The minimum Gasteiger partial charge on any atom is -0.378 e. The highest BCUT2D eigenvalue weighted by Gasteiger charge is 2.27. The van der Waals surface area contributed by atoms with Crippen LogP contribution in [0.15, 0.2) is 27.5 Å². The van der Waals surface area contributed by atoms with Crippen molar-refractivity contribution in [3.05, 3.63) is 23.8 Å². The topological polar surface area (TPSA) is 94.6 Å². The van der Waals surface area contributed by atoms with Crippen LogP contribution in [0.5, 0.6) is 0 Å². The summed E-state index contributed by atoms with van der Waals surface area (Å²) in [4.78, 5) is 18.8. The largest absolute Gasteiger partial charge is 0.378 e. The van der Waals surface area contributed by atoms with Crippen molar-refractivity contribution in [2.45, 2.75) is 11.8 Å². The SMILES string of the molecule is Cc1ccc2c(c1)S(=O)(=O)N=C(CN1CCN(CC(=O)N3CCOCC3)CC1)N2. The standard InChI is InChI=1S/C19H27N5O4S/c1-15-2-3-16-17(12-15)29(26,27)21-18(20-16)13-22-4-6-23(7-5-22)14-19(25)24-8-10-28-11-9-24/h2-3,12H,4-11,13-14H2,1H3,(H,20,21). The van der Waals surface area contributed by atoms with Crippen LogP contribution >= 0.6 is 0 Å². The lowest BCUT2D eigenvalue weighted by Gasteiger charge is -2.36. The van der Waals surface area contributed by atoms with Crippen LogP contribution in [0.2, 0.25) is 0 Å². The molecule has 1 aromatic rings. The normalized spacial score (nSPS) is 22.5. The van der Waals surface area contributed by atoms with Crippen LogP contribution in [0.3, 0.4) is 0 Å². The summed E-state index contributed by atoms with van der Waals surface area (Å²) in [5.41, 5.74) is 1.46. The minimum absolute atomic E-state index is 0.151. The van der Waals surface area contributed by atoms with Gasteiger partial charge in [0.25, 0.3) is 10.0 Å². The molecule has 158 valence electrons. The number of morpholine rings is 1. The van der Waals surface area contributed by atoms with Crippen molar-refractivity contribution >= 4 is 27.5 Å². The van der Waals surface area contributed by atoms with Crippen molar-refractivity contribution in [2.24, 2.45) is 4.40 Å². The number of ether oxygens (including phenoxy) is 1. The highest BCUT2D eigenvalue weighted by molar-refractivity contribution is 7.90. The number of aryl methyl sites for hydroxylation is 1. The zero-order valence-corrected chi connectivity index (χ0v) is 17.4. The van der Waals surface area contributed by atoms with Gasteiger partial charge in [-0.15, -0.1) is 4.40 Å². The maximum atomic E-state index is 12.5. The fourth-order valence-corrected chi connectivity index (χ4v) is 5.03. The molecule has 3 heterocycles. The molecule has 29 heavy (non-hydrogen) atoms. The highest BCUT2D eigenvalue weighted by atomic mass is 32.2. The van der Waals surface area contributed by atoms with Gasteiger partial charge in [0.15, 0.2) is 0 Å². The van der Waals surface area contributed by atoms with Crippen LogP contribution < -0.4 is 5.32 Å². The van der Waals surface area contributed by atoms with Crippen LogP contribution in [-0.2, 0) is 19.6 Å². The highest BCUT2D eigenvalue weighted by Crippen LogP contribution is 2.28. The smallest absolute Gasteiger partial charge is 0.286 e. The number of carbonyl (C=O) groups is 1. The average molecular weight is 422 g/mol. The van der Waals surface area contributed by atoms with Gasteiger partial charge in [0, 0.05) is 39.3 Å². The van der Waals surface area contributed by atoms with Gasteiger partial charge < -0.3 is 15.0 Å². The second kappa shape index (κ2) is 8.39. The van der Waals surface area contributed by atoms with Crippen molar-refractivity contribution in [2.75, 3.05) is 70.9 Å². The number of hydrogen-bond donors (Lipinski definition) is 1. The van der Waals surface area contributed by atoms with Crippen molar-refractivity contribution < 1.29 is 17.9 Å². The number of anilines is 1. The van der Waals surface area contributed by atoms with Crippen LogP contribution in [0.1, 0.15) is 5.56 Å². The number of nitrogens with zero attached hydrogens (tertiary/aromatic N) is 4. The maximum Gasteiger partial charge on any atom is 0.286 e. The van der Waals surface area contributed by atoms with Crippen molar-refractivity contribution in [3.8, 4) is 0 Å². The lowest BCUT2D eigenvalue weighted by Crippen LogP contribution is -2.52. The van der Waals surface area contributed by atoms with Gasteiger partial charge in [-0.3, -0.25) is 14.6 Å². The predicted molar refractivity (Wildman–Crippen MR) is 110 cm³/mol. The molecule has 2 saturated heterocycles. The van der Waals surface area contributed by atoms with E-state index in [2.05, 4.69) is 19.5 Å². The van der Waals surface area contributed by atoms with Gasteiger partial charge in [-0.25, -0.2) is 0 Å². The Morgan fingerprint density at radius 1 is 1.10 bits per heavy atom. The van der Waals surface area contributed by atoms with Crippen LogP contribution in [0.25, 0.3) is 0 Å². The molecular weight excluding hydrogens is 394 g/mol. The van der Waals surface area contributed by atoms with Crippen molar-refractivity contribution in [1.82, 2.24) is 14.7 Å². The molecule has 9 nitrogen and oxygen atoms in total. The number of amides is 1. The van der Waals surface area contributed by atoms with Gasteiger partial charge in [-0.2, -0.15) is 8.42 Å². The Balaban J connectivity index is 1.30. The van der Waals surface area contributed by atoms with Gasteiger partial charge in [0.1, 0.15) is 10.7 Å². The molecule has 1 amide bonds. The van der Waals surface area contributed by atoms with Gasteiger partial charge in [0.05, 0.1) is 32.0 Å². The van der Waals surface area contributed by atoms with Crippen LogP contribution in [0, 0.1) is 6.92 Å². The van der Waals surface area contributed by atoms with Gasteiger partial charge >= 0.3 is 0 Å². The average Bonchev–Trinajstić information content (AvgIpc) is 2.70. The Bertz CT molecular complexity index is 903. The number of fused-ring (bicyclic) bond motifs is 1. The first-order valence-electron chi connectivity index (χ1n) is 9.92. The molecule has 0 spiro atoms. The molecule has 0 atom stereocenters. The third-order valence-corrected chi connectivity index (χ3v) is 6.84. The van der Waals surface area contributed by atoms with Gasteiger partial charge in [-0.05, 0) is 24.6 Å². The van der Waals surface area contributed by atoms with E-state index in [-0.39, 0.29) is 10.8 Å². The van der Waals surface area contributed by atoms with E-state index >= 15 is 0 Å². The molecule has 3 aliphatic heterocycles. The molecule has 0 aliphatic carbocycles. The summed E-state index contributed by atoms with van der Waals surface area (Å²) in [5, 5.41) is 3.16. The number of amidine groups is 1. The van der Waals surface area contributed by atoms with E-state index in [1.165, 1.54) is 0 Å². The summed E-state index contributed by atoms with van der Waals surface area (Å²) in [6, 6.07) is 5.31. The molecule has 1 N–H and O–H groups in total. The fraction of sp³-hybridized carbons (Fsp3) is 0.579. The van der Waals surface area contributed by atoms with Crippen molar-refractivity contribution in [1.29, 1.82) is 0 Å². The Morgan fingerprint density at radius 2 is 1.79 bits per heavy atom. The molecule has 0 unspecified atom stereocenters. The molecule has 0 bridgehead atoms. The summed E-state index contributed by atoms with van der Waals surface area (Å²) in [6.07, 6.45) is 0. The van der Waals surface area contributed by atoms with E-state index in [0.29, 0.717) is 50.9 Å². The summed E-state index contributed by atoms with van der Waals surface area (Å²) in [7, 11) is -3.68. The Labute approximate surface area is 171 Å². The van der Waals surface area contributed by atoms with E-state index in [1.54, 1.807) is 12.1 Å². The van der Waals surface area contributed by atoms with Crippen molar-refractivity contribution in [3.63, 3.8) is 0 Å². The second-order valence-corrected chi connectivity index (χ2v) is 9.26. The lowest BCUT2D eigenvalue weighted by molar-refractivity contribution is -0.136. The number of sulfonamides is 1. The Morgan fingerprint density at radius 3 is 2.52 bits per heavy atom. The molecule has 0 aromatic heterocycles. The van der Waals surface area contributed by atoms with Gasteiger partial charge in [0.2, 0.25) is 5.91 Å². The number of carbonyl (C=O) groups excluding carboxylic acids is 1. The maximum absolute atomic E-state index is 12.5. The first kappa shape index (κ1) is 20.3.